The van der Waals surface area contributed by atoms with E-state index in [0.717, 1.165) is 36.9 Å². The van der Waals surface area contributed by atoms with Gasteiger partial charge in [0.05, 0.1) is 28.6 Å². The second kappa shape index (κ2) is 9.80. The fourth-order valence-corrected chi connectivity index (χ4v) is 4.97. The summed E-state index contributed by atoms with van der Waals surface area (Å²) in [5.41, 5.74) is 1.42. The van der Waals surface area contributed by atoms with E-state index in [2.05, 4.69) is 24.1 Å². The van der Waals surface area contributed by atoms with E-state index in [1.165, 1.54) is 18.2 Å². The molecule has 2 aromatic carbocycles. The van der Waals surface area contributed by atoms with E-state index in [4.69, 9.17) is 4.74 Å². The van der Waals surface area contributed by atoms with Gasteiger partial charge in [0, 0.05) is 19.1 Å². The molecule has 0 aliphatic heterocycles. The molecule has 0 saturated heterocycles. The smallest absolute Gasteiger partial charge is 0.177 e. The maximum Gasteiger partial charge on any atom is 0.177 e. The molecule has 0 heterocycles. The molecule has 1 unspecified atom stereocenters. The largest absolute Gasteiger partial charge is 0.497 e. The van der Waals surface area contributed by atoms with Crippen LogP contribution in [0.2, 0.25) is 0 Å². The van der Waals surface area contributed by atoms with Crippen LogP contribution in [0.5, 0.6) is 5.75 Å². The van der Waals surface area contributed by atoms with E-state index < -0.39 is 19.7 Å². The van der Waals surface area contributed by atoms with Crippen molar-refractivity contribution in [3.05, 3.63) is 48.0 Å². The highest BCUT2D eigenvalue weighted by Gasteiger charge is 2.22. The summed E-state index contributed by atoms with van der Waals surface area (Å²) >= 11 is 0. The Balaban J connectivity index is 2.43. The van der Waals surface area contributed by atoms with Gasteiger partial charge in [-0.15, -0.1) is 0 Å². The fraction of sp³-hybridized carbons (Fsp3) is 0.429. The number of anilines is 1. The topological polar surface area (TPSA) is 92.8 Å². The first-order valence-electron chi connectivity index (χ1n) is 9.67. The van der Waals surface area contributed by atoms with E-state index in [1.54, 1.807) is 7.11 Å². The van der Waals surface area contributed by atoms with Gasteiger partial charge >= 0.3 is 0 Å². The molecule has 2 aromatic rings. The van der Waals surface area contributed by atoms with Crippen LogP contribution < -0.4 is 10.1 Å². The summed E-state index contributed by atoms with van der Waals surface area (Å²) in [5.74, 6) is 0.749. The standard InChI is InChI=1S/C21H30N2O5S2/c1-6-23(7-2)20(16-9-8-10-17(13-16)28-3)15-22-19-12-11-18(29(4,24)25)14-21(19)30(5,26)27/h8-14,20,22H,6-7,15H2,1-5H3. The zero-order valence-corrected chi connectivity index (χ0v) is 19.7. The molecule has 9 heteroatoms. The van der Waals surface area contributed by atoms with E-state index >= 15 is 0 Å². The predicted molar refractivity (Wildman–Crippen MR) is 120 cm³/mol. The molecule has 1 atom stereocenters. The van der Waals surface area contributed by atoms with Crippen LogP contribution in [0.1, 0.15) is 25.5 Å². The molecule has 7 nitrogen and oxygen atoms in total. The van der Waals surface area contributed by atoms with E-state index in [1.807, 2.05) is 24.3 Å². The number of hydrogen-bond acceptors (Lipinski definition) is 7. The Morgan fingerprint density at radius 3 is 2.17 bits per heavy atom. The summed E-state index contributed by atoms with van der Waals surface area (Å²) in [4.78, 5) is 2.20. The van der Waals surface area contributed by atoms with Crippen LogP contribution in [0.15, 0.2) is 52.3 Å². The van der Waals surface area contributed by atoms with Crippen LogP contribution in [0.4, 0.5) is 5.69 Å². The Morgan fingerprint density at radius 1 is 0.967 bits per heavy atom. The van der Waals surface area contributed by atoms with Gasteiger partial charge in [-0.25, -0.2) is 16.8 Å². The third-order valence-electron chi connectivity index (χ3n) is 5.00. The lowest BCUT2D eigenvalue weighted by atomic mass is 10.0. The van der Waals surface area contributed by atoms with Gasteiger partial charge in [0.25, 0.3) is 0 Å². The quantitative estimate of drug-likeness (QED) is 0.590. The normalized spacial score (nSPS) is 13.3. The number of ether oxygens (including phenoxy) is 1. The van der Waals surface area contributed by atoms with E-state index in [9.17, 15) is 16.8 Å². The first kappa shape index (κ1) is 24.2. The Hall–Kier alpha value is -2.10. The van der Waals surface area contributed by atoms with Crippen LogP contribution in [-0.4, -0.2) is 61.0 Å². The van der Waals surface area contributed by atoms with Gasteiger partial charge in [0.2, 0.25) is 0 Å². The molecule has 2 rings (SSSR count). The first-order chi connectivity index (χ1) is 14.0. The molecule has 0 amide bonds. The third kappa shape index (κ3) is 5.96. The van der Waals surface area contributed by atoms with Crippen molar-refractivity contribution >= 4 is 25.4 Å². The van der Waals surface area contributed by atoms with E-state index in [-0.39, 0.29) is 15.8 Å². The summed E-state index contributed by atoms with van der Waals surface area (Å²) in [5, 5.41) is 3.23. The van der Waals surface area contributed by atoms with Crippen LogP contribution in [0.3, 0.4) is 0 Å². The number of likely N-dealkylation sites (N-methyl/N-ethyl adjacent to an activating group) is 1. The number of hydrogen-bond donors (Lipinski definition) is 1. The van der Waals surface area contributed by atoms with Crippen LogP contribution in [0.25, 0.3) is 0 Å². The second-order valence-electron chi connectivity index (χ2n) is 7.10. The van der Waals surface area contributed by atoms with Crippen molar-refractivity contribution in [1.29, 1.82) is 0 Å². The van der Waals surface area contributed by atoms with Gasteiger partial charge in [-0.2, -0.15) is 0 Å². The molecule has 0 fully saturated rings. The SMILES string of the molecule is CCN(CC)C(CNc1ccc(S(C)(=O)=O)cc1S(C)(=O)=O)c1cccc(OC)c1. The lowest BCUT2D eigenvalue weighted by Gasteiger charge is -2.31. The van der Waals surface area contributed by atoms with Gasteiger partial charge < -0.3 is 10.1 Å². The van der Waals surface area contributed by atoms with Crippen LogP contribution in [0, 0.1) is 0 Å². The molecule has 0 radical (unpaired) electrons. The molecule has 0 bridgehead atoms. The van der Waals surface area contributed by atoms with Crippen molar-refractivity contribution < 1.29 is 21.6 Å². The van der Waals surface area contributed by atoms with Crippen LogP contribution in [-0.2, 0) is 19.7 Å². The molecule has 0 aliphatic rings. The number of sulfone groups is 2. The average Bonchev–Trinajstić information content (AvgIpc) is 2.69. The van der Waals surface area contributed by atoms with Crippen molar-refractivity contribution in [1.82, 2.24) is 4.90 Å². The number of rotatable bonds is 10. The zero-order chi connectivity index (χ0) is 22.5. The van der Waals surface area contributed by atoms with Gasteiger partial charge in [-0.1, -0.05) is 26.0 Å². The molecule has 30 heavy (non-hydrogen) atoms. The Morgan fingerprint density at radius 2 is 1.63 bits per heavy atom. The number of methoxy groups -OCH3 is 1. The third-order valence-corrected chi connectivity index (χ3v) is 7.25. The summed E-state index contributed by atoms with van der Waals surface area (Å²) in [6.45, 7) is 6.20. The highest BCUT2D eigenvalue weighted by Crippen LogP contribution is 2.28. The lowest BCUT2D eigenvalue weighted by Crippen LogP contribution is -2.33. The lowest BCUT2D eigenvalue weighted by molar-refractivity contribution is 0.227. The van der Waals surface area contributed by atoms with E-state index in [0.29, 0.717) is 12.2 Å². The van der Waals surface area contributed by atoms with Crippen LogP contribution >= 0.6 is 0 Å². The Kier molecular flexibility index (Phi) is 7.90. The van der Waals surface area contributed by atoms with Crippen molar-refractivity contribution in [3.63, 3.8) is 0 Å². The number of benzene rings is 2. The minimum Gasteiger partial charge on any atom is -0.497 e. The molecule has 0 aliphatic carbocycles. The van der Waals surface area contributed by atoms with Gasteiger partial charge in [-0.3, -0.25) is 4.90 Å². The monoisotopic (exact) mass is 454 g/mol. The summed E-state index contributed by atoms with van der Waals surface area (Å²) in [6.07, 6.45) is 2.13. The Labute approximate surface area is 179 Å². The van der Waals surface area contributed by atoms with Crippen molar-refractivity contribution in [2.75, 3.05) is 44.6 Å². The molecular weight excluding hydrogens is 424 g/mol. The summed E-state index contributed by atoms with van der Waals surface area (Å²) in [7, 11) is -5.53. The summed E-state index contributed by atoms with van der Waals surface area (Å²) < 4.78 is 53.7. The fourth-order valence-electron chi connectivity index (χ4n) is 3.36. The van der Waals surface area contributed by atoms with Crippen molar-refractivity contribution in [3.8, 4) is 5.75 Å². The highest BCUT2D eigenvalue weighted by molar-refractivity contribution is 7.91. The van der Waals surface area contributed by atoms with Gasteiger partial charge in [-0.05, 0) is 49.0 Å². The molecule has 1 N–H and O–H groups in total. The van der Waals surface area contributed by atoms with Gasteiger partial charge in [0.15, 0.2) is 19.7 Å². The molecule has 166 valence electrons. The minimum absolute atomic E-state index is 0.0263. The average molecular weight is 455 g/mol. The number of nitrogens with one attached hydrogen (secondary N) is 1. The molecule has 0 spiro atoms. The molecular formula is C21H30N2O5S2. The molecule has 0 saturated carbocycles. The van der Waals surface area contributed by atoms with Crippen molar-refractivity contribution in [2.45, 2.75) is 29.7 Å². The summed E-state index contributed by atoms with van der Waals surface area (Å²) in [6, 6.07) is 11.9. The molecule has 0 aromatic heterocycles. The maximum atomic E-state index is 12.3. The number of nitrogens with zero attached hydrogens (tertiary/aromatic N) is 1. The maximum absolute atomic E-state index is 12.3. The van der Waals surface area contributed by atoms with Crippen molar-refractivity contribution in [2.24, 2.45) is 0 Å². The first-order valence-corrected chi connectivity index (χ1v) is 13.5. The second-order valence-corrected chi connectivity index (χ2v) is 11.1. The van der Waals surface area contributed by atoms with Gasteiger partial charge in [0.1, 0.15) is 5.75 Å². The zero-order valence-electron chi connectivity index (χ0n) is 18.0. The predicted octanol–water partition coefficient (Wildman–Crippen LogP) is 3.00. The minimum atomic E-state index is -3.63. The Bertz CT molecular complexity index is 1080. The highest BCUT2D eigenvalue weighted by atomic mass is 32.2.